The second-order valence-electron chi connectivity index (χ2n) is 4.40. The van der Waals surface area contributed by atoms with E-state index in [1.54, 1.807) is 6.92 Å². The first-order valence-corrected chi connectivity index (χ1v) is 5.80. The van der Waals surface area contributed by atoms with E-state index < -0.39 is 0 Å². The van der Waals surface area contributed by atoms with Crippen molar-refractivity contribution in [2.45, 2.75) is 26.2 Å². The molecule has 0 aromatic heterocycles. The van der Waals surface area contributed by atoms with Crippen LogP contribution in [0.5, 0.6) is 0 Å². The third-order valence-electron chi connectivity index (χ3n) is 3.00. The van der Waals surface area contributed by atoms with Gasteiger partial charge in [-0.15, -0.1) is 0 Å². The van der Waals surface area contributed by atoms with Crippen LogP contribution in [0.25, 0.3) is 0 Å². The van der Waals surface area contributed by atoms with Gasteiger partial charge in [0, 0.05) is 25.3 Å². The van der Waals surface area contributed by atoms with Crippen LogP contribution in [0.3, 0.4) is 0 Å². The zero-order valence-electron chi connectivity index (χ0n) is 9.92. The average Bonchev–Trinajstić information content (AvgIpc) is 2.99. The lowest BCUT2D eigenvalue weighted by Crippen LogP contribution is -2.28. The Hall–Kier alpha value is -0.870. The first kappa shape index (κ1) is 13.2. The highest BCUT2D eigenvalue weighted by Gasteiger charge is 2.41. The summed E-state index contributed by atoms with van der Waals surface area (Å²) in [5.41, 5.74) is 0.727. The molecule has 0 saturated heterocycles. The SMILES string of the molecule is C=C(CNCC1(CCO)CC1)C(=O)OCC. The molecule has 16 heavy (non-hydrogen) atoms. The quantitative estimate of drug-likeness (QED) is 0.477. The van der Waals surface area contributed by atoms with E-state index in [1.807, 2.05) is 0 Å². The maximum Gasteiger partial charge on any atom is 0.334 e. The van der Waals surface area contributed by atoms with Gasteiger partial charge in [-0.2, -0.15) is 0 Å². The largest absolute Gasteiger partial charge is 0.463 e. The Kier molecular flexibility index (Phi) is 4.96. The summed E-state index contributed by atoms with van der Waals surface area (Å²) in [6.07, 6.45) is 3.16. The fraction of sp³-hybridized carbons (Fsp3) is 0.750. The molecule has 0 aliphatic heterocycles. The number of carbonyl (C=O) groups excluding carboxylic acids is 1. The minimum atomic E-state index is -0.331. The van der Waals surface area contributed by atoms with Crippen molar-refractivity contribution in [3.05, 3.63) is 12.2 Å². The number of ether oxygens (including phenoxy) is 1. The van der Waals surface area contributed by atoms with E-state index >= 15 is 0 Å². The predicted molar refractivity (Wildman–Crippen MR) is 62.0 cm³/mol. The number of carbonyl (C=O) groups is 1. The number of rotatable bonds is 8. The van der Waals surface area contributed by atoms with Crippen molar-refractivity contribution < 1.29 is 14.6 Å². The number of nitrogens with one attached hydrogen (secondary N) is 1. The van der Waals surface area contributed by atoms with Gasteiger partial charge in [0.2, 0.25) is 0 Å². The Balaban J connectivity index is 2.15. The number of aliphatic hydroxyl groups excluding tert-OH is 1. The molecular weight excluding hydrogens is 206 g/mol. The van der Waals surface area contributed by atoms with Crippen LogP contribution in [0.1, 0.15) is 26.2 Å². The fourth-order valence-corrected chi connectivity index (χ4v) is 1.71. The topological polar surface area (TPSA) is 58.6 Å². The second-order valence-corrected chi connectivity index (χ2v) is 4.40. The first-order chi connectivity index (χ1) is 7.63. The smallest absolute Gasteiger partial charge is 0.334 e. The molecule has 0 spiro atoms. The van der Waals surface area contributed by atoms with Crippen LogP contribution in [0.2, 0.25) is 0 Å². The van der Waals surface area contributed by atoms with E-state index in [4.69, 9.17) is 9.84 Å². The summed E-state index contributed by atoms with van der Waals surface area (Å²) >= 11 is 0. The van der Waals surface area contributed by atoms with E-state index in [0.29, 0.717) is 18.7 Å². The molecule has 0 radical (unpaired) electrons. The summed E-state index contributed by atoms with van der Waals surface area (Å²) in [5.74, 6) is -0.331. The number of esters is 1. The van der Waals surface area contributed by atoms with E-state index in [1.165, 1.54) is 0 Å². The highest BCUT2D eigenvalue weighted by molar-refractivity contribution is 5.88. The van der Waals surface area contributed by atoms with Crippen molar-refractivity contribution in [3.63, 3.8) is 0 Å². The van der Waals surface area contributed by atoms with Gasteiger partial charge in [0.05, 0.1) is 6.61 Å². The number of aliphatic hydroxyl groups is 1. The molecule has 0 unspecified atom stereocenters. The normalized spacial score (nSPS) is 16.9. The molecule has 0 atom stereocenters. The molecule has 92 valence electrons. The molecule has 1 saturated carbocycles. The van der Waals surface area contributed by atoms with Gasteiger partial charge in [-0.05, 0) is 31.6 Å². The summed E-state index contributed by atoms with van der Waals surface area (Å²) in [6.45, 7) is 7.37. The van der Waals surface area contributed by atoms with Gasteiger partial charge in [-0.3, -0.25) is 0 Å². The van der Waals surface area contributed by atoms with Crippen LogP contribution in [0.15, 0.2) is 12.2 Å². The summed E-state index contributed by atoms with van der Waals surface area (Å²) in [7, 11) is 0. The van der Waals surface area contributed by atoms with Crippen molar-refractivity contribution in [1.29, 1.82) is 0 Å². The predicted octanol–water partition coefficient (Wildman–Crippen LogP) is 0.858. The van der Waals surface area contributed by atoms with Crippen LogP contribution < -0.4 is 5.32 Å². The Morgan fingerprint density at radius 3 is 2.75 bits per heavy atom. The van der Waals surface area contributed by atoms with E-state index in [0.717, 1.165) is 25.8 Å². The van der Waals surface area contributed by atoms with Crippen molar-refractivity contribution in [2.75, 3.05) is 26.3 Å². The molecule has 4 nitrogen and oxygen atoms in total. The molecule has 2 N–H and O–H groups in total. The van der Waals surface area contributed by atoms with Gasteiger partial charge < -0.3 is 15.2 Å². The van der Waals surface area contributed by atoms with Crippen molar-refractivity contribution in [1.82, 2.24) is 5.32 Å². The first-order valence-electron chi connectivity index (χ1n) is 5.80. The molecule has 1 rings (SSSR count). The molecule has 0 aromatic carbocycles. The minimum Gasteiger partial charge on any atom is -0.463 e. The van der Waals surface area contributed by atoms with Gasteiger partial charge >= 0.3 is 5.97 Å². The summed E-state index contributed by atoms with van der Waals surface area (Å²) in [4.78, 5) is 11.2. The molecule has 4 heteroatoms. The van der Waals surface area contributed by atoms with Gasteiger partial charge in [-0.25, -0.2) is 4.79 Å². The summed E-state index contributed by atoms with van der Waals surface area (Å²) < 4.78 is 4.83. The van der Waals surface area contributed by atoms with Gasteiger partial charge in [0.1, 0.15) is 0 Å². The van der Waals surface area contributed by atoms with Crippen LogP contribution in [-0.2, 0) is 9.53 Å². The third kappa shape index (κ3) is 3.94. The van der Waals surface area contributed by atoms with Crippen LogP contribution in [0.4, 0.5) is 0 Å². The second kappa shape index (κ2) is 6.01. The Morgan fingerprint density at radius 1 is 1.56 bits per heavy atom. The molecule has 0 amide bonds. The monoisotopic (exact) mass is 227 g/mol. The average molecular weight is 227 g/mol. The van der Waals surface area contributed by atoms with Crippen molar-refractivity contribution in [3.8, 4) is 0 Å². The van der Waals surface area contributed by atoms with Crippen LogP contribution in [-0.4, -0.2) is 37.4 Å². The minimum absolute atomic E-state index is 0.237. The summed E-state index contributed by atoms with van der Waals surface area (Å²) in [5, 5.41) is 12.1. The highest BCUT2D eigenvalue weighted by Crippen LogP contribution is 2.47. The molecular formula is C12H21NO3. The standard InChI is InChI=1S/C12H21NO3/c1-3-16-11(15)10(2)8-13-9-12(4-5-12)6-7-14/h13-14H,2-9H2,1H3. The van der Waals surface area contributed by atoms with Gasteiger partial charge in [-0.1, -0.05) is 6.58 Å². The summed E-state index contributed by atoms with van der Waals surface area (Å²) in [6, 6.07) is 0. The van der Waals surface area contributed by atoms with Crippen LogP contribution >= 0.6 is 0 Å². The van der Waals surface area contributed by atoms with Crippen molar-refractivity contribution >= 4 is 5.97 Å². The van der Waals surface area contributed by atoms with Gasteiger partial charge in [0.25, 0.3) is 0 Å². The highest BCUT2D eigenvalue weighted by atomic mass is 16.5. The molecule has 0 heterocycles. The molecule has 1 fully saturated rings. The lowest BCUT2D eigenvalue weighted by Gasteiger charge is -2.14. The third-order valence-corrected chi connectivity index (χ3v) is 3.00. The van der Waals surface area contributed by atoms with E-state index in [2.05, 4.69) is 11.9 Å². The maximum atomic E-state index is 11.2. The zero-order valence-corrected chi connectivity index (χ0v) is 9.92. The molecule has 0 aromatic rings. The number of hydrogen-bond acceptors (Lipinski definition) is 4. The van der Waals surface area contributed by atoms with Crippen LogP contribution in [0, 0.1) is 5.41 Å². The van der Waals surface area contributed by atoms with E-state index in [-0.39, 0.29) is 18.0 Å². The molecule has 1 aliphatic carbocycles. The Bertz CT molecular complexity index is 259. The van der Waals surface area contributed by atoms with E-state index in [9.17, 15) is 4.79 Å². The Morgan fingerprint density at radius 2 is 2.25 bits per heavy atom. The lowest BCUT2D eigenvalue weighted by molar-refractivity contribution is -0.138. The van der Waals surface area contributed by atoms with Gasteiger partial charge in [0.15, 0.2) is 0 Å². The van der Waals surface area contributed by atoms with Crippen molar-refractivity contribution in [2.24, 2.45) is 5.41 Å². The Labute approximate surface area is 96.7 Å². The lowest BCUT2D eigenvalue weighted by atomic mass is 10.0. The molecule has 0 bridgehead atoms. The zero-order chi connectivity index (χ0) is 12.0. The maximum absolute atomic E-state index is 11.2. The fourth-order valence-electron chi connectivity index (χ4n) is 1.71. The molecule has 1 aliphatic rings. The number of hydrogen-bond donors (Lipinski definition) is 2.